The molecule has 1 aromatic heterocycles. The predicted molar refractivity (Wildman–Crippen MR) is 91.7 cm³/mol. The smallest absolute Gasteiger partial charge is 0.417 e. The summed E-state index contributed by atoms with van der Waals surface area (Å²) in [4.78, 5) is 4.09. The average molecular weight is 397 g/mol. The molecule has 0 saturated carbocycles. The molecule has 0 fully saturated rings. The number of methoxy groups -OCH3 is 1. The lowest BCUT2D eigenvalue weighted by atomic mass is 10.00. The maximum atomic E-state index is 13.4. The zero-order valence-electron chi connectivity index (χ0n) is 14.4. The molecule has 0 unspecified atom stereocenters. The normalized spacial score (nSPS) is 12.1. The molecular weight excluding hydrogens is 384 g/mol. The molecule has 0 atom stereocenters. The summed E-state index contributed by atoms with van der Waals surface area (Å²) in [7, 11) is 1.27. The molecule has 3 aromatic rings. The number of halogens is 6. The molecule has 28 heavy (non-hydrogen) atoms. The van der Waals surface area contributed by atoms with E-state index in [9.17, 15) is 26.3 Å². The molecule has 0 saturated heterocycles. The first-order valence-corrected chi connectivity index (χ1v) is 8.00. The van der Waals surface area contributed by atoms with Gasteiger partial charge in [-0.05, 0) is 12.1 Å². The monoisotopic (exact) mass is 397 g/mol. The maximum absolute atomic E-state index is 13.4. The third-order valence-electron chi connectivity index (χ3n) is 4.05. The van der Waals surface area contributed by atoms with Gasteiger partial charge in [-0.25, -0.2) is 4.98 Å². The summed E-state index contributed by atoms with van der Waals surface area (Å²) < 4.78 is 85.2. The number of hydrogen-bond donors (Lipinski definition) is 0. The predicted octanol–water partition coefficient (Wildman–Crippen LogP) is 6.46. The highest BCUT2D eigenvalue weighted by Gasteiger charge is 2.35. The first-order valence-electron chi connectivity index (χ1n) is 8.00. The number of ether oxygens (including phenoxy) is 1. The third kappa shape index (κ3) is 3.95. The molecule has 0 amide bonds. The van der Waals surface area contributed by atoms with Crippen LogP contribution in [-0.4, -0.2) is 12.1 Å². The Morgan fingerprint density at radius 1 is 0.679 bits per heavy atom. The molecule has 0 spiro atoms. The van der Waals surface area contributed by atoms with Crippen LogP contribution in [0.15, 0.2) is 60.7 Å². The number of nitrogens with zero attached hydrogens (tertiary/aromatic N) is 1. The Labute approximate surface area is 156 Å². The lowest BCUT2D eigenvalue weighted by Crippen LogP contribution is -2.09. The number of alkyl halides is 6. The van der Waals surface area contributed by atoms with Crippen molar-refractivity contribution in [3.05, 3.63) is 71.8 Å². The first kappa shape index (κ1) is 19.7. The Hall–Kier alpha value is -3.03. The Bertz CT molecular complexity index is 919. The number of benzene rings is 2. The Balaban J connectivity index is 2.26. The van der Waals surface area contributed by atoms with Gasteiger partial charge >= 0.3 is 12.4 Å². The maximum Gasteiger partial charge on any atom is 0.417 e. The highest BCUT2D eigenvalue weighted by molar-refractivity contribution is 5.72. The van der Waals surface area contributed by atoms with Gasteiger partial charge in [0.05, 0.1) is 29.6 Å². The Morgan fingerprint density at radius 3 is 1.43 bits per heavy atom. The van der Waals surface area contributed by atoms with Crippen molar-refractivity contribution in [2.45, 2.75) is 12.4 Å². The minimum atomic E-state index is -4.65. The summed E-state index contributed by atoms with van der Waals surface area (Å²) in [6, 6.07) is 12.0. The Morgan fingerprint density at radius 2 is 1.07 bits per heavy atom. The third-order valence-corrected chi connectivity index (χ3v) is 4.05. The second-order valence-electron chi connectivity index (χ2n) is 5.86. The topological polar surface area (TPSA) is 22.1 Å². The van der Waals surface area contributed by atoms with Gasteiger partial charge in [-0.2, -0.15) is 26.3 Å². The molecule has 146 valence electrons. The van der Waals surface area contributed by atoms with Crippen molar-refractivity contribution < 1.29 is 31.1 Å². The molecule has 0 aliphatic carbocycles. The van der Waals surface area contributed by atoms with Crippen molar-refractivity contribution in [1.29, 1.82) is 0 Å². The molecule has 2 aromatic carbocycles. The zero-order chi connectivity index (χ0) is 20.5. The van der Waals surface area contributed by atoms with Gasteiger partial charge < -0.3 is 4.74 Å². The van der Waals surface area contributed by atoms with Crippen LogP contribution in [0.2, 0.25) is 0 Å². The van der Waals surface area contributed by atoms with Crippen molar-refractivity contribution in [2.24, 2.45) is 0 Å². The van der Waals surface area contributed by atoms with Gasteiger partial charge in [0.25, 0.3) is 0 Å². The minimum absolute atomic E-state index is 0.0916. The highest BCUT2D eigenvalue weighted by atomic mass is 19.4. The number of rotatable bonds is 3. The van der Waals surface area contributed by atoms with Crippen molar-refractivity contribution >= 4 is 0 Å². The molecule has 2 nitrogen and oxygen atoms in total. The fourth-order valence-electron chi connectivity index (χ4n) is 2.81. The zero-order valence-corrected chi connectivity index (χ0v) is 14.4. The minimum Gasteiger partial charge on any atom is -0.497 e. The van der Waals surface area contributed by atoms with Crippen LogP contribution in [0.3, 0.4) is 0 Å². The van der Waals surface area contributed by atoms with E-state index >= 15 is 0 Å². The molecule has 0 bridgehead atoms. The van der Waals surface area contributed by atoms with Gasteiger partial charge in [-0.1, -0.05) is 36.4 Å². The summed E-state index contributed by atoms with van der Waals surface area (Å²) >= 11 is 0. The van der Waals surface area contributed by atoms with Crippen LogP contribution in [0.4, 0.5) is 26.3 Å². The van der Waals surface area contributed by atoms with E-state index in [0.29, 0.717) is 0 Å². The van der Waals surface area contributed by atoms with Gasteiger partial charge in [0, 0.05) is 23.3 Å². The van der Waals surface area contributed by atoms with Crippen molar-refractivity contribution in [3.63, 3.8) is 0 Å². The molecule has 8 heteroatoms. The second kappa shape index (κ2) is 7.18. The van der Waals surface area contributed by atoms with Gasteiger partial charge in [0.15, 0.2) is 0 Å². The largest absolute Gasteiger partial charge is 0.497 e. The highest BCUT2D eigenvalue weighted by Crippen LogP contribution is 2.40. The number of aromatic nitrogens is 1. The van der Waals surface area contributed by atoms with E-state index in [-0.39, 0.29) is 28.3 Å². The van der Waals surface area contributed by atoms with E-state index < -0.39 is 23.5 Å². The lowest BCUT2D eigenvalue weighted by Gasteiger charge is -2.16. The quantitative estimate of drug-likeness (QED) is 0.473. The van der Waals surface area contributed by atoms with E-state index in [1.165, 1.54) is 55.6 Å². The van der Waals surface area contributed by atoms with E-state index in [1.807, 2.05) is 0 Å². The molecule has 0 N–H and O–H groups in total. The van der Waals surface area contributed by atoms with Crippen LogP contribution in [0.5, 0.6) is 5.75 Å². The van der Waals surface area contributed by atoms with Crippen molar-refractivity contribution in [1.82, 2.24) is 4.98 Å². The summed E-state index contributed by atoms with van der Waals surface area (Å²) in [5.41, 5.74) is -2.66. The van der Waals surface area contributed by atoms with Crippen LogP contribution in [-0.2, 0) is 12.4 Å². The fraction of sp³-hybridized carbons (Fsp3) is 0.150. The lowest BCUT2D eigenvalue weighted by molar-refractivity contribution is -0.137. The Kier molecular flexibility index (Phi) is 5.06. The van der Waals surface area contributed by atoms with E-state index in [0.717, 1.165) is 12.1 Å². The van der Waals surface area contributed by atoms with Crippen LogP contribution >= 0.6 is 0 Å². The van der Waals surface area contributed by atoms with E-state index in [4.69, 9.17) is 4.74 Å². The second-order valence-corrected chi connectivity index (χ2v) is 5.86. The summed E-state index contributed by atoms with van der Waals surface area (Å²) in [6.45, 7) is 0. The van der Waals surface area contributed by atoms with Gasteiger partial charge in [-0.3, -0.25) is 0 Å². The van der Waals surface area contributed by atoms with Crippen LogP contribution in [0, 0.1) is 0 Å². The van der Waals surface area contributed by atoms with Crippen molar-refractivity contribution in [3.8, 4) is 28.3 Å². The van der Waals surface area contributed by atoms with Gasteiger partial charge in [0.1, 0.15) is 5.75 Å². The van der Waals surface area contributed by atoms with E-state index in [1.54, 1.807) is 0 Å². The standard InChI is InChI=1S/C20H13F6NO/c1-28-12-10-17(13-6-2-4-8-15(13)19(21,22)23)27-18(11-12)14-7-3-5-9-16(14)20(24,25)26/h2-11H,1H3. The van der Waals surface area contributed by atoms with E-state index in [2.05, 4.69) is 4.98 Å². The average Bonchev–Trinajstić information content (AvgIpc) is 2.66. The number of hydrogen-bond acceptors (Lipinski definition) is 2. The SMILES string of the molecule is COc1cc(-c2ccccc2C(F)(F)F)nc(-c2ccccc2C(F)(F)F)c1. The summed E-state index contributed by atoms with van der Waals surface area (Å²) in [5.74, 6) is 0.0916. The van der Waals surface area contributed by atoms with Crippen LogP contribution in [0.25, 0.3) is 22.5 Å². The molecule has 1 heterocycles. The summed E-state index contributed by atoms with van der Waals surface area (Å²) in [6.07, 6.45) is -9.29. The number of pyridine rings is 1. The first-order chi connectivity index (χ1) is 13.1. The molecule has 0 aliphatic rings. The van der Waals surface area contributed by atoms with Crippen LogP contribution in [0.1, 0.15) is 11.1 Å². The summed E-state index contributed by atoms with van der Waals surface area (Å²) in [5, 5.41) is 0. The fourth-order valence-corrected chi connectivity index (χ4v) is 2.81. The van der Waals surface area contributed by atoms with Gasteiger partial charge in [-0.15, -0.1) is 0 Å². The molecule has 3 rings (SSSR count). The van der Waals surface area contributed by atoms with Crippen LogP contribution < -0.4 is 4.74 Å². The molecular formula is C20H13F6NO. The van der Waals surface area contributed by atoms with Crippen molar-refractivity contribution in [2.75, 3.05) is 7.11 Å². The van der Waals surface area contributed by atoms with Gasteiger partial charge in [0.2, 0.25) is 0 Å². The molecule has 0 aliphatic heterocycles. The molecule has 0 radical (unpaired) electrons.